The molecule has 2 heterocycles. The molecule has 0 saturated carbocycles. The minimum absolute atomic E-state index is 0.0338. The summed E-state index contributed by atoms with van der Waals surface area (Å²) in [4.78, 5) is 24.3. The third-order valence-electron chi connectivity index (χ3n) is 5.53. The Hall–Kier alpha value is -3.37. The first-order chi connectivity index (χ1) is 15.8. The monoisotopic (exact) mass is 471 g/mol. The fraction of sp³-hybridized carbons (Fsp3) is 0.304. The molecule has 2 aromatic carbocycles. The van der Waals surface area contributed by atoms with Gasteiger partial charge in [0.1, 0.15) is 17.1 Å². The van der Waals surface area contributed by atoms with Gasteiger partial charge in [0.15, 0.2) is 6.61 Å². The summed E-state index contributed by atoms with van der Waals surface area (Å²) in [6.07, 6.45) is 1.59. The van der Waals surface area contributed by atoms with Crippen LogP contribution in [0.25, 0.3) is 11.0 Å². The second kappa shape index (κ2) is 9.24. The first-order valence-corrected chi connectivity index (χ1v) is 12.0. The number of carbonyl (C=O) groups is 2. The second-order valence-electron chi connectivity index (χ2n) is 7.90. The molecule has 1 saturated heterocycles. The molecule has 10 heteroatoms. The van der Waals surface area contributed by atoms with Crippen LogP contribution in [0.2, 0.25) is 0 Å². The Kier molecular flexibility index (Phi) is 6.39. The number of primary amides is 1. The van der Waals surface area contributed by atoms with Gasteiger partial charge in [-0.05, 0) is 50.1 Å². The highest BCUT2D eigenvalue weighted by atomic mass is 32.2. The lowest BCUT2D eigenvalue weighted by atomic mass is 10.2. The molecule has 0 bridgehead atoms. The molecule has 1 unspecified atom stereocenters. The average molecular weight is 472 g/mol. The van der Waals surface area contributed by atoms with Crippen LogP contribution < -0.4 is 15.8 Å². The van der Waals surface area contributed by atoms with Crippen molar-refractivity contribution in [2.24, 2.45) is 5.73 Å². The van der Waals surface area contributed by atoms with Crippen LogP contribution in [0, 0.1) is 0 Å². The van der Waals surface area contributed by atoms with Crippen LogP contribution in [0.5, 0.6) is 5.75 Å². The summed E-state index contributed by atoms with van der Waals surface area (Å²) in [5.41, 5.74) is 6.06. The molecule has 1 fully saturated rings. The summed E-state index contributed by atoms with van der Waals surface area (Å²) in [5, 5.41) is 3.70. The smallest absolute Gasteiger partial charge is 0.258 e. The largest absolute Gasteiger partial charge is 0.483 e. The van der Waals surface area contributed by atoms with Gasteiger partial charge in [0, 0.05) is 18.5 Å². The zero-order valence-corrected chi connectivity index (χ0v) is 18.9. The molecule has 3 aromatic rings. The number of amides is 2. The molecule has 2 amide bonds. The van der Waals surface area contributed by atoms with Gasteiger partial charge in [0.2, 0.25) is 10.0 Å². The Morgan fingerprint density at radius 3 is 2.58 bits per heavy atom. The number of rotatable bonds is 8. The predicted molar refractivity (Wildman–Crippen MR) is 121 cm³/mol. The number of nitrogens with two attached hydrogens (primary N) is 1. The highest BCUT2D eigenvalue weighted by Gasteiger charge is 2.28. The Morgan fingerprint density at radius 2 is 1.88 bits per heavy atom. The van der Waals surface area contributed by atoms with Gasteiger partial charge in [-0.15, -0.1) is 0 Å². The standard InChI is InChI=1S/C23H25N3O6S/c1-15(21-12-16-6-2-3-7-19(16)32-21)25-22(27)14-31-20-9-8-17(13-18(20)23(24)28)33(29,30)26-10-4-5-11-26/h2-3,6-9,12-13,15H,4-5,10-11,14H2,1H3,(H2,24,28)(H,25,27). The SMILES string of the molecule is CC(NC(=O)COc1ccc(S(=O)(=O)N2CCCC2)cc1C(N)=O)c1cc2ccccc2o1. The van der Waals surface area contributed by atoms with Crippen LogP contribution in [0.15, 0.2) is 57.8 Å². The van der Waals surface area contributed by atoms with Gasteiger partial charge in [-0.25, -0.2) is 8.42 Å². The molecule has 1 atom stereocenters. The van der Waals surface area contributed by atoms with Crippen LogP contribution in [0.1, 0.15) is 41.9 Å². The van der Waals surface area contributed by atoms with E-state index in [-0.39, 0.29) is 22.8 Å². The number of para-hydroxylation sites is 1. The molecule has 174 valence electrons. The fourth-order valence-corrected chi connectivity index (χ4v) is 5.32. The van der Waals surface area contributed by atoms with Gasteiger partial charge in [0.25, 0.3) is 11.8 Å². The van der Waals surface area contributed by atoms with Gasteiger partial charge in [-0.1, -0.05) is 18.2 Å². The van der Waals surface area contributed by atoms with Crippen molar-refractivity contribution >= 4 is 32.8 Å². The quantitative estimate of drug-likeness (QED) is 0.519. The number of carbonyl (C=O) groups excluding carboxylic acids is 2. The zero-order chi connectivity index (χ0) is 23.6. The molecular formula is C23H25N3O6S. The molecule has 4 rings (SSSR count). The zero-order valence-electron chi connectivity index (χ0n) is 18.1. The number of hydrogen-bond donors (Lipinski definition) is 2. The van der Waals surface area contributed by atoms with Gasteiger partial charge < -0.3 is 20.2 Å². The second-order valence-corrected chi connectivity index (χ2v) is 9.84. The Balaban J connectivity index is 1.43. The van der Waals surface area contributed by atoms with E-state index in [0.29, 0.717) is 18.8 Å². The minimum Gasteiger partial charge on any atom is -0.483 e. The van der Waals surface area contributed by atoms with Crippen molar-refractivity contribution in [2.45, 2.75) is 30.7 Å². The van der Waals surface area contributed by atoms with Crippen LogP contribution >= 0.6 is 0 Å². The summed E-state index contributed by atoms with van der Waals surface area (Å²) in [6, 6.07) is 12.9. The molecule has 1 aliphatic heterocycles. The fourth-order valence-electron chi connectivity index (χ4n) is 3.78. The lowest BCUT2D eigenvalue weighted by molar-refractivity contribution is -0.123. The van der Waals surface area contributed by atoms with Crippen LogP contribution in [0.4, 0.5) is 0 Å². The summed E-state index contributed by atoms with van der Waals surface area (Å²) in [5.74, 6) is -0.653. The van der Waals surface area contributed by atoms with Gasteiger partial charge in [-0.2, -0.15) is 4.31 Å². The minimum atomic E-state index is -3.72. The van der Waals surface area contributed by atoms with Crippen molar-refractivity contribution in [3.8, 4) is 5.75 Å². The number of nitrogens with zero attached hydrogens (tertiary/aromatic N) is 1. The lowest BCUT2D eigenvalue weighted by Crippen LogP contribution is -2.31. The number of nitrogens with one attached hydrogen (secondary N) is 1. The van der Waals surface area contributed by atoms with Gasteiger partial charge in [-0.3, -0.25) is 9.59 Å². The summed E-state index contributed by atoms with van der Waals surface area (Å²) in [6.45, 7) is 2.28. The molecule has 9 nitrogen and oxygen atoms in total. The molecule has 0 aliphatic carbocycles. The lowest BCUT2D eigenvalue weighted by Gasteiger charge is -2.17. The van der Waals surface area contributed by atoms with Crippen molar-refractivity contribution in [1.29, 1.82) is 0 Å². The van der Waals surface area contributed by atoms with E-state index in [2.05, 4.69) is 5.32 Å². The van der Waals surface area contributed by atoms with E-state index >= 15 is 0 Å². The number of benzene rings is 2. The van der Waals surface area contributed by atoms with Crippen molar-refractivity contribution in [3.63, 3.8) is 0 Å². The highest BCUT2D eigenvalue weighted by molar-refractivity contribution is 7.89. The van der Waals surface area contributed by atoms with E-state index in [9.17, 15) is 18.0 Å². The van der Waals surface area contributed by atoms with E-state index in [1.54, 1.807) is 6.92 Å². The molecule has 0 radical (unpaired) electrons. The van der Waals surface area contributed by atoms with E-state index in [1.807, 2.05) is 30.3 Å². The predicted octanol–water partition coefficient (Wildman–Crippen LogP) is 2.57. The Labute approximate surface area is 191 Å². The maximum absolute atomic E-state index is 12.8. The van der Waals surface area contributed by atoms with E-state index in [1.165, 1.54) is 22.5 Å². The normalized spacial score (nSPS) is 15.4. The average Bonchev–Trinajstić information content (AvgIpc) is 3.48. The number of ether oxygens (including phenoxy) is 1. The maximum Gasteiger partial charge on any atom is 0.258 e. The van der Waals surface area contributed by atoms with Crippen LogP contribution in [-0.4, -0.2) is 44.2 Å². The van der Waals surface area contributed by atoms with Crippen molar-refractivity contribution < 1.29 is 27.2 Å². The van der Waals surface area contributed by atoms with Gasteiger partial charge >= 0.3 is 0 Å². The Bertz CT molecular complexity index is 1260. The third kappa shape index (κ3) is 4.86. The third-order valence-corrected chi connectivity index (χ3v) is 7.42. The van der Waals surface area contributed by atoms with Crippen molar-refractivity contribution in [3.05, 3.63) is 59.9 Å². The highest BCUT2D eigenvalue weighted by Crippen LogP contribution is 2.27. The topological polar surface area (TPSA) is 132 Å². The molecule has 3 N–H and O–H groups in total. The first-order valence-electron chi connectivity index (χ1n) is 10.6. The van der Waals surface area contributed by atoms with Crippen LogP contribution in [-0.2, 0) is 14.8 Å². The number of fused-ring (bicyclic) bond motifs is 1. The number of sulfonamides is 1. The molecular weight excluding hydrogens is 446 g/mol. The van der Waals surface area contributed by atoms with Crippen molar-refractivity contribution in [1.82, 2.24) is 9.62 Å². The maximum atomic E-state index is 12.8. The first kappa shape index (κ1) is 22.8. The number of furan rings is 1. The molecule has 1 aliphatic rings. The van der Waals surface area contributed by atoms with E-state index in [0.717, 1.165) is 23.8 Å². The van der Waals surface area contributed by atoms with E-state index < -0.39 is 27.9 Å². The summed E-state index contributed by atoms with van der Waals surface area (Å²) >= 11 is 0. The van der Waals surface area contributed by atoms with Gasteiger partial charge in [0.05, 0.1) is 16.5 Å². The van der Waals surface area contributed by atoms with Crippen LogP contribution in [0.3, 0.4) is 0 Å². The molecule has 0 spiro atoms. The Morgan fingerprint density at radius 1 is 1.15 bits per heavy atom. The summed E-state index contributed by atoms with van der Waals surface area (Å²) < 4.78 is 38.2. The van der Waals surface area contributed by atoms with E-state index in [4.69, 9.17) is 14.9 Å². The molecule has 33 heavy (non-hydrogen) atoms. The number of hydrogen-bond acceptors (Lipinski definition) is 6. The molecule has 1 aromatic heterocycles. The summed E-state index contributed by atoms with van der Waals surface area (Å²) in [7, 11) is -3.72. The van der Waals surface area contributed by atoms with Crippen molar-refractivity contribution in [2.75, 3.05) is 19.7 Å².